The van der Waals surface area contributed by atoms with Gasteiger partial charge in [0.2, 0.25) is 0 Å². The molecule has 3 aromatic rings. The first kappa shape index (κ1) is 11.3. The van der Waals surface area contributed by atoms with Crippen LogP contribution in [-0.2, 0) is 0 Å². The van der Waals surface area contributed by atoms with E-state index in [4.69, 9.17) is 0 Å². The van der Waals surface area contributed by atoms with Crippen molar-refractivity contribution in [2.45, 2.75) is 6.92 Å². The van der Waals surface area contributed by atoms with Crippen molar-refractivity contribution in [3.63, 3.8) is 0 Å². The summed E-state index contributed by atoms with van der Waals surface area (Å²) in [5.74, 6) is 0.774. The Kier molecular flexibility index (Phi) is 2.66. The molecule has 0 amide bonds. The van der Waals surface area contributed by atoms with Gasteiger partial charge in [0.15, 0.2) is 5.82 Å². The molecule has 4 nitrogen and oxygen atoms in total. The van der Waals surface area contributed by atoms with E-state index < -0.39 is 0 Å². The molecule has 92 valence electrons. The van der Waals surface area contributed by atoms with Gasteiger partial charge in [0, 0.05) is 12.4 Å². The highest BCUT2D eigenvalue weighted by atomic mass is 15.3. The average Bonchev–Trinajstić information content (AvgIpc) is 3.06. The highest BCUT2D eigenvalue weighted by Gasteiger charge is 2.17. The summed E-state index contributed by atoms with van der Waals surface area (Å²) in [6.07, 6.45) is 3.83. The van der Waals surface area contributed by atoms with Crippen molar-refractivity contribution in [2.24, 2.45) is 0 Å². The first-order chi connectivity index (χ1) is 9.31. The van der Waals surface area contributed by atoms with Gasteiger partial charge in [-0.3, -0.25) is 0 Å². The molecule has 0 saturated carbocycles. The Morgan fingerprint density at radius 1 is 1.05 bits per heavy atom. The lowest BCUT2D eigenvalue weighted by molar-refractivity contribution is 0.814. The van der Waals surface area contributed by atoms with E-state index in [9.17, 15) is 5.26 Å². The summed E-state index contributed by atoms with van der Waals surface area (Å²) >= 11 is 0. The van der Waals surface area contributed by atoms with Crippen LogP contribution >= 0.6 is 0 Å². The second-order valence-corrected chi connectivity index (χ2v) is 4.23. The van der Waals surface area contributed by atoms with Gasteiger partial charge in [0.05, 0.1) is 11.4 Å². The minimum atomic E-state index is 0.597. The smallest absolute Gasteiger partial charge is 0.158 e. The maximum atomic E-state index is 9.34. The van der Waals surface area contributed by atoms with Gasteiger partial charge in [-0.15, -0.1) is 0 Å². The number of rotatable bonds is 2. The van der Waals surface area contributed by atoms with Gasteiger partial charge in [0.1, 0.15) is 11.6 Å². The number of para-hydroxylation sites is 1. The van der Waals surface area contributed by atoms with Crippen LogP contribution in [0.3, 0.4) is 0 Å². The molecule has 0 aliphatic rings. The standard InChI is InChI=1S/C15H12N4/c1-12-14(11-16)15(18-9-5-6-10-18)19(17-12)13-7-3-2-4-8-13/h2-10H,1H3. The highest BCUT2D eigenvalue weighted by molar-refractivity contribution is 5.52. The molecule has 0 unspecified atom stereocenters. The van der Waals surface area contributed by atoms with Crippen molar-refractivity contribution in [2.75, 3.05) is 0 Å². The molecule has 0 aliphatic heterocycles. The molecular weight excluding hydrogens is 236 g/mol. The van der Waals surface area contributed by atoms with Crippen LogP contribution in [0.1, 0.15) is 11.3 Å². The molecule has 0 atom stereocenters. The number of nitrogens with zero attached hydrogens (tertiary/aromatic N) is 4. The minimum Gasteiger partial charge on any atom is -0.307 e. The minimum absolute atomic E-state index is 0.597. The van der Waals surface area contributed by atoms with Crippen molar-refractivity contribution in [1.82, 2.24) is 14.3 Å². The Bertz CT molecular complexity index is 731. The van der Waals surface area contributed by atoms with Gasteiger partial charge in [-0.05, 0) is 31.2 Å². The summed E-state index contributed by atoms with van der Waals surface area (Å²) in [6, 6.07) is 15.9. The van der Waals surface area contributed by atoms with Crippen LogP contribution < -0.4 is 0 Å². The third kappa shape index (κ3) is 1.81. The van der Waals surface area contributed by atoms with Crippen LogP contribution in [-0.4, -0.2) is 14.3 Å². The lowest BCUT2D eigenvalue weighted by Gasteiger charge is -2.08. The molecular formula is C15H12N4. The SMILES string of the molecule is Cc1nn(-c2ccccc2)c(-n2cccc2)c1C#N. The highest BCUT2D eigenvalue weighted by Crippen LogP contribution is 2.21. The van der Waals surface area contributed by atoms with Crippen LogP contribution in [0.25, 0.3) is 11.5 Å². The zero-order chi connectivity index (χ0) is 13.2. The zero-order valence-corrected chi connectivity index (χ0v) is 10.5. The van der Waals surface area contributed by atoms with Crippen LogP contribution in [0.5, 0.6) is 0 Å². The zero-order valence-electron chi connectivity index (χ0n) is 10.5. The molecule has 3 rings (SSSR count). The normalized spacial score (nSPS) is 10.3. The predicted molar refractivity (Wildman–Crippen MR) is 72.3 cm³/mol. The molecule has 19 heavy (non-hydrogen) atoms. The monoisotopic (exact) mass is 248 g/mol. The Hall–Kier alpha value is -2.80. The summed E-state index contributed by atoms with van der Waals surface area (Å²) < 4.78 is 3.71. The van der Waals surface area contributed by atoms with E-state index in [0.29, 0.717) is 5.56 Å². The number of benzene rings is 1. The second-order valence-electron chi connectivity index (χ2n) is 4.23. The largest absolute Gasteiger partial charge is 0.307 e. The molecule has 0 saturated heterocycles. The second kappa shape index (κ2) is 4.46. The number of hydrogen-bond donors (Lipinski definition) is 0. The fourth-order valence-electron chi connectivity index (χ4n) is 2.11. The molecule has 0 aliphatic carbocycles. The summed E-state index contributed by atoms with van der Waals surface area (Å²) in [6.45, 7) is 1.85. The van der Waals surface area contributed by atoms with Crippen LogP contribution in [0.15, 0.2) is 54.9 Å². The summed E-state index contributed by atoms with van der Waals surface area (Å²) in [5.41, 5.74) is 2.27. The van der Waals surface area contributed by atoms with E-state index in [2.05, 4.69) is 11.2 Å². The molecule has 4 heteroatoms. The summed E-state index contributed by atoms with van der Waals surface area (Å²) in [4.78, 5) is 0. The predicted octanol–water partition coefficient (Wildman–Crippen LogP) is 2.84. The first-order valence-corrected chi connectivity index (χ1v) is 6.00. The maximum Gasteiger partial charge on any atom is 0.158 e. The Morgan fingerprint density at radius 2 is 1.74 bits per heavy atom. The van der Waals surface area contributed by atoms with Crippen molar-refractivity contribution in [3.8, 4) is 17.6 Å². The van der Waals surface area contributed by atoms with E-state index in [-0.39, 0.29) is 0 Å². The molecule has 0 radical (unpaired) electrons. The number of nitriles is 1. The lowest BCUT2D eigenvalue weighted by atomic mass is 10.2. The van der Waals surface area contributed by atoms with E-state index in [1.807, 2.05) is 66.3 Å². The molecule has 2 heterocycles. The van der Waals surface area contributed by atoms with Crippen molar-refractivity contribution in [3.05, 3.63) is 66.1 Å². The van der Waals surface area contributed by atoms with Gasteiger partial charge in [-0.25, -0.2) is 4.68 Å². The average molecular weight is 248 g/mol. The van der Waals surface area contributed by atoms with Crippen molar-refractivity contribution >= 4 is 0 Å². The fraction of sp³-hybridized carbons (Fsp3) is 0.0667. The Labute approximate surface area is 111 Å². The van der Waals surface area contributed by atoms with E-state index >= 15 is 0 Å². The Balaban J connectivity index is 2.30. The van der Waals surface area contributed by atoms with Crippen LogP contribution in [0.2, 0.25) is 0 Å². The maximum absolute atomic E-state index is 9.34. The topological polar surface area (TPSA) is 46.5 Å². The van der Waals surface area contributed by atoms with Crippen molar-refractivity contribution < 1.29 is 0 Å². The quantitative estimate of drug-likeness (QED) is 0.700. The van der Waals surface area contributed by atoms with E-state index in [0.717, 1.165) is 17.2 Å². The summed E-state index contributed by atoms with van der Waals surface area (Å²) in [5, 5.41) is 13.8. The number of aryl methyl sites for hydroxylation is 1. The van der Waals surface area contributed by atoms with Gasteiger partial charge in [-0.1, -0.05) is 18.2 Å². The van der Waals surface area contributed by atoms with Gasteiger partial charge >= 0.3 is 0 Å². The molecule has 0 bridgehead atoms. The Morgan fingerprint density at radius 3 is 2.37 bits per heavy atom. The third-order valence-electron chi connectivity index (χ3n) is 3.00. The molecule has 0 spiro atoms. The fourth-order valence-corrected chi connectivity index (χ4v) is 2.11. The number of hydrogen-bond acceptors (Lipinski definition) is 2. The lowest BCUT2D eigenvalue weighted by Crippen LogP contribution is -2.04. The van der Waals surface area contributed by atoms with Gasteiger partial charge < -0.3 is 4.57 Å². The number of aromatic nitrogens is 3. The first-order valence-electron chi connectivity index (χ1n) is 6.00. The van der Waals surface area contributed by atoms with Crippen LogP contribution in [0.4, 0.5) is 0 Å². The molecule has 1 aromatic carbocycles. The van der Waals surface area contributed by atoms with Gasteiger partial charge in [0.25, 0.3) is 0 Å². The van der Waals surface area contributed by atoms with E-state index in [1.165, 1.54) is 0 Å². The molecule has 0 N–H and O–H groups in total. The van der Waals surface area contributed by atoms with Gasteiger partial charge in [-0.2, -0.15) is 10.4 Å². The third-order valence-corrected chi connectivity index (χ3v) is 3.00. The molecule has 0 fully saturated rings. The van der Waals surface area contributed by atoms with Crippen molar-refractivity contribution in [1.29, 1.82) is 5.26 Å². The molecule has 2 aromatic heterocycles. The van der Waals surface area contributed by atoms with E-state index in [1.54, 1.807) is 4.68 Å². The van der Waals surface area contributed by atoms with Crippen LogP contribution in [0, 0.1) is 18.3 Å². The summed E-state index contributed by atoms with van der Waals surface area (Å²) in [7, 11) is 0.